The number of fused-ring (bicyclic) bond motifs is 1. The Labute approximate surface area is 194 Å². The van der Waals surface area contributed by atoms with Crippen LogP contribution in [-0.2, 0) is 6.42 Å². The molecule has 2 aromatic rings. The van der Waals surface area contributed by atoms with Crippen LogP contribution in [0.5, 0.6) is 11.5 Å². The second kappa shape index (κ2) is 9.41. The third-order valence-electron chi connectivity index (χ3n) is 6.46. The van der Waals surface area contributed by atoms with E-state index in [0.29, 0.717) is 29.0 Å². The minimum absolute atomic E-state index is 0.0225. The maximum Gasteiger partial charge on any atom is 0.586 e. The first-order valence-electron chi connectivity index (χ1n) is 11.6. The molecule has 180 valence electrons. The molecule has 0 radical (unpaired) electrons. The van der Waals surface area contributed by atoms with Crippen molar-refractivity contribution in [1.29, 1.82) is 0 Å². The summed E-state index contributed by atoms with van der Waals surface area (Å²) in [6.45, 7) is 11.5. The number of alkyl halides is 2. The molecule has 6 heteroatoms. The van der Waals surface area contributed by atoms with Crippen molar-refractivity contribution < 1.29 is 28.2 Å². The van der Waals surface area contributed by atoms with Crippen LogP contribution >= 0.6 is 0 Å². The third-order valence-corrected chi connectivity index (χ3v) is 6.46. The van der Waals surface area contributed by atoms with Gasteiger partial charge < -0.3 is 14.6 Å². The molecule has 0 bridgehead atoms. The molecule has 1 saturated carbocycles. The molecule has 2 aromatic carbocycles. The van der Waals surface area contributed by atoms with Crippen LogP contribution in [0.2, 0.25) is 0 Å². The predicted octanol–water partition coefficient (Wildman–Crippen LogP) is 6.88. The lowest BCUT2D eigenvalue weighted by Gasteiger charge is -2.25. The fourth-order valence-electron chi connectivity index (χ4n) is 4.05. The Bertz CT molecular complexity index is 1000. The van der Waals surface area contributed by atoms with Crippen molar-refractivity contribution in [3.63, 3.8) is 0 Å². The first-order chi connectivity index (χ1) is 15.4. The molecule has 1 fully saturated rings. The summed E-state index contributed by atoms with van der Waals surface area (Å²) in [6.07, 6.45) is -0.372. The zero-order valence-corrected chi connectivity index (χ0v) is 20.2. The lowest BCUT2D eigenvalue weighted by molar-refractivity contribution is -0.286. The van der Waals surface area contributed by atoms with Crippen LogP contribution in [0.25, 0.3) is 11.1 Å². The molecule has 1 atom stereocenters. The van der Waals surface area contributed by atoms with E-state index in [4.69, 9.17) is 0 Å². The topological polar surface area (TPSA) is 55.8 Å². The number of halogens is 2. The van der Waals surface area contributed by atoms with Gasteiger partial charge in [0.05, 0.1) is 5.60 Å². The molecule has 4 rings (SSSR count). The Morgan fingerprint density at radius 1 is 1.09 bits per heavy atom. The highest BCUT2D eigenvalue weighted by molar-refractivity contribution is 6.05. The lowest BCUT2D eigenvalue weighted by atomic mass is 9.87. The van der Waals surface area contributed by atoms with Gasteiger partial charge in [-0.3, -0.25) is 4.79 Å². The highest BCUT2D eigenvalue weighted by Crippen LogP contribution is 2.48. The number of ketones is 1. The van der Waals surface area contributed by atoms with Gasteiger partial charge in [0.25, 0.3) is 0 Å². The van der Waals surface area contributed by atoms with Gasteiger partial charge >= 0.3 is 6.29 Å². The minimum Gasteiger partial charge on any atom is -0.395 e. The number of aliphatic hydroxyl groups is 1. The molecule has 1 heterocycles. The number of para-hydroxylation sites is 1. The van der Waals surface area contributed by atoms with Crippen LogP contribution < -0.4 is 9.47 Å². The van der Waals surface area contributed by atoms with E-state index in [2.05, 4.69) is 16.4 Å². The van der Waals surface area contributed by atoms with E-state index in [9.17, 15) is 18.7 Å². The van der Waals surface area contributed by atoms with Gasteiger partial charge in [0.2, 0.25) is 0 Å². The van der Waals surface area contributed by atoms with E-state index < -0.39 is 11.9 Å². The van der Waals surface area contributed by atoms with E-state index in [0.717, 1.165) is 11.5 Å². The molecular weight excluding hydrogens is 426 g/mol. The molecule has 1 unspecified atom stereocenters. The molecule has 1 N–H and O–H groups in total. The summed E-state index contributed by atoms with van der Waals surface area (Å²) < 4.78 is 36.1. The summed E-state index contributed by atoms with van der Waals surface area (Å²) in [7, 11) is 0. The normalized spacial score (nSPS) is 17.4. The molecule has 0 aromatic heterocycles. The van der Waals surface area contributed by atoms with Gasteiger partial charge in [-0.25, -0.2) is 0 Å². The van der Waals surface area contributed by atoms with Crippen molar-refractivity contribution in [3.8, 4) is 22.6 Å². The Hall–Kier alpha value is -2.47. The Morgan fingerprint density at radius 3 is 2.21 bits per heavy atom. The van der Waals surface area contributed by atoms with Gasteiger partial charge in [0, 0.05) is 17.0 Å². The Morgan fingerprint density at radius 2 is 1.70 bits per heavy atom. The van der Waals surface area contributed by atoms with Crippen LogP contribution in [0.4, 0.5) is 8.78 Å². The molecule has 4 nitrogen and oxygen atoms in total. The monoisotopic (exact) mass is 460 g/mol. The van der Waals surface area contributed by atoms with E-state index in [1.54, 1.807) is 18.2 Å². The molecule has 1 aliphatic carbocycles. The second-order valence-corrected chi connectivity index (χ2v) is 9.79. The first kappa shape index (κ1) is 25.2. The highest BCUT2D eigenvalue weighted by Gasteiger charge is 2.45. The van der Waals surface area contributed by atoms with Gasteiger partial charge in [0.1, 0.15) is 0 Å². The number of carbonyl (C=O) groups excluding carboxylic acids is 1. The minimum atomic E-state index is -3.69. The Kier molecular flexibility index (Phi) is 7.18. The van der Waals surface area contributed by atoms with Crippen LogP contribution in [0.3, 0.4) is 0 Å². The summed E-state index contributed by atoms with van der Waals surface area (Å²) in [5.41, 5.74) is 2.01. The maximum atomic E-state index is 13.5. The zero-order chi connectivity index (χ0) is 24.6. The fraction of sp³-hybridized carbons (Fsp3) is 0.519. The summed E-state index contributed by atoms with van der Waals surface area (Å²) in [5, 5.41) is 9.50. The number of hydrogen-bond acceptors (Lipinski definition) is 4. The van der Waals surface area contributed by atoms with Gasteiger partial charge in [-0.15, -0.1) is 8.78 Å². The first-order valence-corrected chi connectivity index (χ1v) is 11.6. The number of hydrogen-bond donors (Lipinski definition) is 1. The van der Waals surface area contributed by atoms with Crippen molar-refractivity contribution in [3.05, 3.63) is 47.5 Å². The average Bonchev–Trinajstić information content (AvgIpc) is 3.53. The molecule has 0 saturated heterocycles. The summed E-state index contributed by atoms with van der Waals surface area (Å²) in [6, 6.07) is 10.2. The Balaban J connectivity index is 0.000000286. The van der Waals surface area contributed by atoms with Crippen LogP contribution in [-0.4, -0.2) is 22.8 Å². The van der Waals surface area contributed by atoms with Gasteiger partial charge in [-0.1, -0.05) is 58.0 Å². The lowest BCUT2D eigenvalue weighted by Crippen LogP contribution is -2.29. The van der Waals surface area contributed by atoms with Crippen molar-refractivity contribution in [2.24, 2.45) is 17.8 Å². The van der Waals surface area contributed by atoms with Gasteiger partial charge in [-0.2, -0.15) is 0 Å². The van der Waals surface area contributed by atoms with Crippen LogP contribution in [0, 0.1) is 17.8 Å². The predicted molar refractivity (Wildman–Crippen MR) is 125 cm³/mol. The van der Waals surface area contributed by atoms with Gasteiger partial charge in [0.15, 0.2) is 17.3 Å². The van der Waals surface area contributed by atoms with E-state index in [-0.39, 0.29) is 23.2 Å². The number of Topliss-reactive ketones (excluding diaryl/α,β-unsaturated/α-hetero) is 1. The zero-order valence-electron chi connectivity index (χ0n) is 20.2. The number of aryl methyl sites for hydroxylation is 1. The molecule has 1 aliphatic heterocycles. The van der Waals surface area contributed by atoms with Gasteiger partial charge in [-0.05, 0) is 62.1 Å². The number of carbonyl (C=O) groups is 1. The second-order valence-electron chi connectivity index (χ2n) is 9.79. The average molecular weight is 461 g/mol. The molecule has 2 aliphatic rings. The van der Waals surface area contributed by atoms with E-state index in [1.165, 1.54) is 18.9 Å². The van der Waals surface area contributed by atoms with Crippen LogP contribution in [0.1, 0.15) is 70.3 Å². The molecule has 33 heavy (non-hydrogen) atoms. The van der Waals surface area contributed by atoms with E-state index >= 15 is 0 Å². The summed E-state index contributed by atoms with van der Waals surface area (Å²) in [5.74, 6) is 1.01. The molecule has 0 spiro atoms. The number of rotatable bonds is 6. The van der Waals surface area contributed by atoms with Crippen molar-refractivity contribution >= 4 is 5.78 Å². The fourth-order valence-corrected chi connectivity index (χ4v) is 4.05. The maximum absolute atomic E-state index is 13.5. The van der Waals surface area contributed by atoms with Crippen molar-refractivity contribution in [2.75, 3.05) is 0 Å². The number of ether oxygens (including phenoxy) is 2. The smallest absolute Gasteiger partial charge is 0.395 e. The summed E-state index contributed by atoms with van der Waals surface area (Å²) >= 11 is 0. The van der Waals surface area contributed by atoms with Crippen LogP contribution in [0.15, 0.2) is 36.4 Å². The van der Waals surface area contributed by atoms with E-state index in [1.807, 2.05) is 46.8 Å². The SMILES string of the molecule is CC(C1CC1)C(C)(C)O.CCc1cccc(-c2cccc3c2OC(F)(F)O3)c1C(=O)C(C)C. The summed E-state index contributed by atoms with van der Waals surface area (Å²) in [4.78, 5) is 12.7. The van der Waals surface area contributed by atoms with Crippen molar-refractivity contribution in [2.45, 2.75) is 72.7 Å². The molecular formula is C27H34F2O4. The quantitative estimate of drug-likeness (QED) is 0.478. The van der Waals surface area contributed by atoms with Crippen molar-refractivity contribution in [1.82, 2.24) is 0 Å². The molecule has 0 amide bonds. The third kappa shape index (κ3) is 5.72. The largest absolute Gasteiger partial charge is 0.586 e. The standard InChI is InChI=1S/C19H18F2O3.C8H16O/c1-4-12-7-5-8-13(16(12)17(22)11(2)3)14-9-6-10-15-18(14)24-19(20,21)23-15;1-6(7-4-5-7)8(2,3)9/h5-11H,4H2,1-3H3;6-7,9H,4-5H2,1-3H3. The highest BCUT2D eigenvalue weighted by atomic mass is 19.3. The number of benzene rings is 2.